The normalized spacial score (nSPS) is 40.1. The molecule has 2 nitrogen and oxygen atoms in total. The Kier molecular flexibility index (Phi) is 10.2. The quantitative estimate of drug-likeness (QED) is 0.191. The average molecular weight is 515 g/mol. The first-order chi connectivity index (χ1) is 17.7. The molecule has 214 valence electrons. The monoisotopic (exact) mass is 514 g/mol. The SMILES string of the molecule is CCCCCCCC(=O)O[C@H]1CC[C@@]2(C)[C@@H](CC[C@@H]3[C@@H]2CC[C@]2(C)[C@@H]([C@H](C)CCCC(C)C)CC[C@@H]32)C1. The summed E-state index contributed by atoms with van der Waals surface area (Å²) in [5.41, 5.74) is 1.07. The fourth-order valence-corrected chi connectivity index (χ4v) is 10.5. The van der Waals surface area contributed by atoms with E-state index in [2.05, 4.69) is 41.5 Å². The summed E-state index contributed by atoms with van der Waals surface area (Å²) in [4.78, 5) is 12.5. The molecule has 4 fully saturated rings. The number of ether oxygens (including phenoxy) is 1. The van der Waals surface area contributed by atoms with Crippen LogP contribution in [0.15, 0.2) is 0 Å². The molecule has 4 saturated carbocycles. The maximum Gasteiger partial charge on any atom is 0.306 e. The van der Waals surface area contributed by atoms with Gasteiger partial charge in [-0.1, -0.05) is 86.5 Å². The van der Waals surface area contributed by atoms with Gasteiger partial charge in [0.2, 0.25) is 0 Å². The van der Waals surface area contributed by atoms with Gasteiger partial charge < -0.3 is 4.74 Å². The van der Waals surface area contributed by atoms with Crippen molar-refractivity contribution in [2.75, 3.05) is 0 Å². The standard InChI is InChI=1S/C35H62O2/c1-7-8-9-10-11-15-33(36)37-28-20-22-34(5)27(24-28)16-17-29-31-19-18-30(26(4)14-12-13-25(2)3)35(31,6)23-21-32(29)34/h25-32H,7-24H2,1-6H3/t26-,27+,28+,29+,30-,31+,32+,34+,35-/m1/s1. The molecule has 0 unspecified atom stereocenters. The molecule has 0 bridgehead atoms. The van der Waals surface area contributed by atoms with Crippen LogP contribution in [0.1, 0.15) is 157 Å². The smallest absolute Gasteiger partial charge is 0.306 e. The maximum absolute atomic E-state index is 12.5. The van der Waals surface area contributed by atoms with Gasteiger partial charge in [0.15, 0.2) is 0 Å². The molecule has 4 aliphatic carbocycles. The Balaban J connectivity index is 1.31. The molecule has 0 saturated heterocycles. The van der Waals surface area contributed by atoms with Crippen molar-refractivity contribution in [3.63, 3.8) is 0 Å². The molecule has 0 heterocycles. The van der Waals surface area contributed by atoms with E-state index in [0.29, 0.717) is 17.3 Å². The van der Waals surface area contributed by atoms with Gasteiger partial charge in [-0.05, 0) is 116 Å². The lowest BCUT2D eigenvalue weighted by Crippen LogP contribution is -2.54. The molecule has 0 aromatic heterocycles. The van der Waals surface area contributed by atoms with E-state index in [1.54, 1.807) is 0 Å². The molecule has 0 amide bonds. The summed E-state index contributed by atoms with van der Waals surface area (Å²) in [7, 11) is 0. The lowest BCUT2D eigenvalue weighted by molar-refractivity contribution is -0.162. The van der Waals surface area contributed by atoms with Gasteiger partial charge in [-0.2, -0.15) is 0 Å². The molecular formula is C35H62O2. The molecule has 0 radical (unpaired) electrons. The highest BCUT2D eigenvalue weighted by molar-refractivity contribution is 5.69. The van der Waals surface area contributed by atoms with Gasteiger partial charge in [0.05, 0.1) is 0 Å². The van der Waals surface area contributed by atoms with Crippen LogP contribution in [-0.4, -0.2) is 12.1 Å². The van der Waals surface area contributed by atoms with Gasteiger partial charge in [-0.25, -0.2) is 0 Å². The first-order valence-electron chi connectivity index (χ1n) is 16.9. The van der Waals surface area contributed by atoms with Crippen LogP contribution >= 0.6 is 0 Å². The molecular weight excluding hydrogens is 452 g/mol. The number of fused-ring (bicyclic) bond motifs is 5. The lowest BCUT2D eigenvalue weighted by Gasteiger charge is -2.61. The Labute approximate surface area is 230 Å². The van der Waals surface area contributed by atoms with Crippen molar-refractivity contribution in [1.82, 2.24) is 0 Å². The van der Waals surface area contributed by atoms with Crippen molar-refractivity contribution in [3.05, 3.63) is 0 Å². The average Bonchev–Trinajstić information content (AvgIpc) is 3.21. The Morgan fingerprint density at radius 2 is 1.54 bits per heavy atom. The minimum absolute atomic E-state index is 0.0757. The summed E-state index contributed by atoms with van der Waals surface area (Å²) < 4.78 is 6.06. The number of hydrogen-bond acceptors (Lipinski definition) is 2. The molecule has 0 aliphatic heterocycles. The molecule has 37 heavy (non-hydrogen) atoms. The van der Waals surface area contributed by atoms with Crippen molar-refractivity contribution in [1.29, 1.82) is 0 Å². The van der Waals surface area contributed by atoms with E-state index in [4.69, 9.17) is 4.74 Å². The molecule has 9 atom stereocenters. The third-order valence-corrected chi connectivity index (χ3v) is 12.6. The van der Waals surface area contributed by atoms with Crippen LogP contribution in [0, 0.1) is 52.3 Å². The first kappa shape index (κ1) is 29.5. The Morgan fingerprint density at radius 3 is 2.30 bits per heavy atom. The van der Waals surface area contributed by atoms with E-state index in [0.717, 1.165) is 60.7 Å². The largest absolute Gasteiger partial charge is 0.462 e. The zero-order valence-electron chi connectivity index (χ0n) is 25.7. The number of hydrogen-bond donors (Lipinski definition) is 0. The third-order valence-electron chi connectivity index (χ3n) is 12.6. The van der Waals surface area contributed by atoms with Gasteiger partial charge in [0.1, 0.15) is 6.10 Å². The van der Waals surface area contributed by atoms with Crippen LogP contribution in [0.2, 0.25) is 0 Å². The van der Waals surface area contributed by atoms with Crippen molar-refractivity contribution >= 4 is 5.97 Å². The predicted molar refractivity (Wildman–Crippen MR) is 156 cm³/mol. The van der Waals surface area contributed by atoms with Gasteiger partial charge in [-0.15, -0.1) is 0 Å². The summed E-state index contributed by atoms with van der Waals surface area (Å²) in [6.45, 7) is 15.0. The van der Waals surface area contributed by atoms with Crippen LogP contribution in [-0.2, 0) is 9.53 Å². The second-order valence-electron chi connectivity index (χ2n) is 15.2. The summed E-state index contributed by atoms with van der Waals surface area (Å²) in [5, 5.41) is 0. The van der Waals surface area contributed by atoms with E-state index >= 15 is 0 Å². The van der Waals surface area contributed by atoms with Crippen molar-refractivity contribution in [2.24, 2.45) is 52.3 Å². The van der Waals surface area contributed by atoms with E-state index in [9.17, 15) is 4.79 Å². The number of carbonyl (C=O) groups excluding carboxylic acids is 1. The van der Waals surface area contributed by atoms with E-state index in [-0.39, 0.29) is 12.1 Å². The van der Waals surface area contributed by atoms with Gasteiger partial charge >= 0.3 is 5.97 Å². The summed E-state index contributed by atoms with van der Waals surface area (Å²) in [6, 6.07) is 0. The van der Waals surface area contributed by atoms with Gasteiger partial charge in [0, 0.05) is 6.42 Å². The fourth-order valence-electron chi connectivity index (χ4n) is 10.5. The number of unbranched alkanes of at least 4 members (excludes halogenated alkanes) is 4. The van der Waals surface area contributed by atoms with Crippen LogP contribution in [0.4, 0.5) is 0 Å². The van der Waals surface area contributed by atoms with Gasteiger partial charge in [-0.3, -0.25) is 4.79 Å². The number of carbonyl (C=O) groups is 1. The second kappa shape index (κ2) is 12.8. The highest BCUT2D eigenvalue weighted by Gasteiger charge is 2.60. The predicted octanol–water partition coefficient (Wildman–Crippen LogP) is 10.4. The Morgan fingerprint density at radius 1 is 0.811 bits per heavy atom. The zero-order chi connectivity index (χ0) is 26.6. The highest BCUT2D eigenvalue weighted by Crippen LogP contribution is 2.68. The minimum atomic E-state index is 0.0757. The van der Waals surface area contributed by atoms with Crippen molar-refractivity contribution in [2.45, 2.75) is 163 Å². The van der Waals surface area contributed by atoms with Crippen LogP contribution in [0.3, 0.4) is 0 Å². The summed E-state index contributed by atoms with van der Waals surface area (Å²) in [6.07, 6.45) is 23.3. The molecule has 0 aromatic carbocycles. The van der Waals surface area contributed by atoms with E-state index in [1.807, 2.05) is 0 Å². The molecule has 2 heteroatoms. The zero-order valence-corrected chi connectivity index (χ0v) is 25.7. The maximum atomic E-state index is 12.5. The van der Waals surface area contributed by atoms with Crippen LogP contribution < -0.4 is 0 Å². The van der Waals surface area contributed by atoms with Crippen LogP contribution in [0.5, 0.6) is 0 Å². The second-order valence-corrected chi connectivity index (χ2v) is 15.2. The lowest BCUT2D eigenvalue weighted by atomic mass is 9.44. The third kappa shape index (κ3) is 6.45. The molecule has 4 aliphatic rings. The number of esters is 1. The number of rotatable bonds is 12. The molecule has 0 spiro atoms. The highest BCUT2D eigenvalue weighted by atomic mass is 16.5. The Hall–Kier alpha value is -0.530. The van der Waals surface area contributed by atoms with Gasteiger partial charge in [0.25, 0.3) is 0 Å². The summed E-state index contributed by atoms with van der Waals surface area (Å²) >= 11 is 0. The minimum Gasteiger partial charge on any atom is -0.462 e. The van der Waals surface area contributed by atoms with E-state index in [1.165, 1.54) is 89.9 Å². The van der Waals surface area contributed by atoms with Crippen molar-refractivity contribution in [3.8, 4) is 0 Å². The van der Waals surface area contributed by atoms with Crippen LogP contribution in [0.25, 0.3) is 0 Å². The molecule has 4 rings (SSSR count). The van der Waals surface area contributed by atoms with E-state index < -0.39 is 0 Å². The molecule has 0 aromatic rings. The first-order valence-corrected chi connectivity index (χ1v) is 16.9. The van der Waals surface area contributed by atoms with Crippen molar-refractivity contribution < 1.29 is 9.53 Å². The fraction of sp³-hybridized carbons (Fsp3) is 0.971. The summed E-state index contributed by atoms with van der Waals surface area (Å²) in [5.74, 6) is 6.37. The molecule has 0 N–H and O–H groups in total. The Bertz CT molecular complexity index is 729. The topological polar surface area (TPSA) is 26.3 Å².